The SMILES string of the molecule is CC(C)=CC1C(C(=O)OC(C)C(=O)N2CC(C)OC(C)C2)C1(C)C. The molecule has 1 heterocycles. The molecule has 5 heteroatoms. The summed E-state index contributed by atoms with van der Waals surface area (Å²) in [5.74, 6) is -0.369. The van der Waals surface area contributed by atoms with E-state index < -0.39 is 6.10 Å². The minimum absolute atomic E-state index is 0.00464. The van der Waals surface area contributed by atoms with Crippen LogP contribution in [0.15, 0.2) is 11.6 Å². The van der Waals surface area contributed by atoms with Gasteiger partial charge in [0.05, 0.1) is 18.1 Å². The van der Waals surface area contributed by atoms with Crippen molar-refractivity contribution < 1.29 is 19.1 Å². The van der Waals surface area contributed by atoms with Crippen LogP contribution < -0.4 is 0 Å². The highest BCUT2D eigenvalue weighted by atomic mass is 16.5. The van der Waals surface area contributed by atoms with Crippen LogP contribution in [-0.4, -0.2) is 48.2 Å². The first kappa shape index (κ1) is 19.0. The second-order valence-electron chi connectivity index (χ2n) is 8.15. The topological polar surface area (TPSA) is 55.8 Å². The molecule has 1 aliphatic carbocycles. The number of rotatable bonds is 4. The first-order valence-electron chi connectivity index (χ1n) is 8.83. The third-order valence-corrected chi connectivity index (χ3v) is 5.05. The number of hydrogen-bond donors (Lipinski definition) is 0. The second kappa shape index (κ2) is 6.87. The summed E-state index contributed by atoms with van der Waals surface area (Å²) < 4.78 is 11.2. The molecule has 136 valence electrons. The maximum Gasteiger partial charge on any atom is 0.310 e. The third kappa shape index (κ3) is 4.00. The Hall–Kier alpha value is -1.36. The highest BCUT2D eigenvalue weighted by molar-refractivity contribution is 5.85. The molecule has 2 fully saturated rings. The zero-order chi connectivity index (χ0) is 18.2. The molecule has 0 N–H and O–H groups in total. The van der Waals surface area contributed by atoms with Gasteiger partial charge >= 0.3 is 5.97 Å². The van der Waals surface area contributed by atoms with Gasteiger partial charge in [-0.2, -0.15) is 0 Å². The number of carbonyl (C=O) groups excluding carboxylic acids is 2. The Labute approximate surface area is 145 Å². The van der Waals surface area contributed by atoms with Gasteiger partial charge in [0, 0.05) is 13.1 Å². The normalized spacial score (nSPS) is 32.7. The largest absolute Gasteiger partial charge is 0.452 e. The Morgan fingerprint density at radius 1 is 1.21 bits per heavy atom. The summed E-state index contributed by atoms with van der Waals surface area (Å²) in [4.78, 5) is 26.8. The van der Waals surface area contributed by atoms with Crippen molar-refractivity contribution in [3.05, 3.63) is 11.6 Å². The predicted octanol–water partition coefficient (Wildman–Crippen LogP) is 2.79. The lowest BCUT2D eigenvalue weighted by Crippen LogP contribution is -2.51. The maximum atomic E-state index is 12.6. The van der Waals surface area contributed by atoms with Gasteiger partial charge < -0.3 is 14.4 Å². The van der Waals surface area contributed by atoms with E-state index in [0.29, 0.717) is 13.1 Å². The molecule has 1 amide bonds. The molecule has 1 saturated heterocycles. The molecule has 0 aromatic heterocycles. The summed E-state index contributed by atoms with van der Waals surface area (Å²) >= 11 is 0. The van der Waals surface area contributed by atoms with Crippen LogP contribution in [0.1, 0.15) is 48.5 Å². The summed E-state index contributed by atoms with van der Waals surface area (Å²) in [7, 11) is 0. The fourth-order valence-corrected chi connectivity index (χ4v) is 3.71. The van der Waals surface area contributed by atoms with Gasteiger partial charge in [-0.25, -0.2) is 0 Å². The maximum absolute atomic E-state index is 12.6. The van der Waals surface area contributed by atoms with Crippen LogP contribution in [0.4, 0.5) is 0 Å². The molecule has 0 aromatic rings. The minimum atomic E-state index is -0.751. The fourth-order valence-electron chi connectivity index (χ4n) is 3.71. The quantitative estimate of drug-likeness (QED) is 0.585. The van der Waals surface area contributed by atoms with Crippen molar-refractivity contribution in [3.8, 4) is 0 Å². The summed E-state index contributed by atoms with van der Waals surface area (Å²) in [5, 5.41) is 0. The predicted molar refractivity (Wildman–Crippen MR) is 92.3 cm³/mol. The number of amides is 1. The van der Waals surface area contributed by atoms with E-state index in [2.05, 4.69) is 19.9 Å². The lowest BCUT2D eigenvalue weighted by atomic mass is 10.1. The molecule has 5 nitrogen and oxygen atoms in total. The first-order chi connectivity index (χ1) is 11.0. The summed E-state index contributed by atoms with van der Waals surface area (Å²) in [5.41, 5.74) is 1.10. The van der Waals surface area contributed by atoms with Crippen molar-refractivity contribution >= 4 is 11.9 Å². The molecule has 0 radical (unpaired) electrons. The average molecular weight is 337 g/mol. The summed E-state index contributed by atoms with van der Waals surface area (Å²) in [6.45, 7) is 14.8. The molecule has 0 bridgehead atoms. The molecular weight excluding hydrogens is 306 g/mol. The average Bonchev–Trinajstić information content (AvgIpc) is 2.96. The van der Waals surface area contributed by atoms with Gasteiger partial charge in [-0.3, -0.25) is 9.59 Å². The minimum Gasteiger partial charge on any atom is -0.452 e. The zero-order valence-corrected chi connectivity index (χ0v) is 16.0. The van der Waals surface area contributed by atoms with Crippen LogP contribution in [0, 0.1) is 17.3 Å². The smallest absolute Gasteiger partial charge is 0.310 e. The van der Waals surface area contributed by atoms with E-state index >= 15 is 0 Å². The van der Waals surface area contributed by atoms with E-state index in [1.807, 2.05) is 27.7 Å². The van der Waals surface area contributed by atoms with E-state index in [1.54, 1.807) is 11.8 Å². The first-order valence-corrected chi connectivity index (χ1v) is 8.83. The monoisotopic (exact) mass is 337 g/mol. The lowest BCUT2D eigenvalue weighted by molar-refractivity contribution is -0.165. The Morgan fingerprint density at radius 3 is 2.25 bits per heavy atom. The molecule has 2 rings (SSSR count). The number of allylic oxidation sites excluding steroid dienone is 2. The van der Waals surface area contributed by atoms with Crippen LogP contribution in [-0.2, 0) is 19.1 Å². The Balaban J connectivity index is 1.94. The van der Waals surface area contributed by atoms with Crippen LogP contribution >= 0.6 is 0 Å². The van der Waals surface area contributed by atoms with Crippen LogP contribution in [0.3, 0.4) is 0 Å². The van der Waals surface area contributed by atoms with Gasteiger partial charge in [0.2, 0.25) is 0 Å². The van der Waals surface area contributed by atoms with E-state index in [1.165, 1.54) is 5.57 Å². The van der Waals surface area contributed by atoms with Gasteiger partial charge in [-0.15, -0.1) is 0 Å². The molecule has 0 aromatic carbocycles. The summed E-state index contributed by atoms with van der Waals surface area (Å²) in [6, 6.07) is 0. The van der Waals surface area contributed by atoms with Crippen molar-refractivity contribution in [1.82, 2.24) is 4.90 Å². The van der Waals surface area contributed by atoms with Gasteiger partial charge in [-0.1, -0.05) is 25.5 Å². The van der Waals surface area contributed by atoms with Gasteiger partial charge in [0.1, 0.15) is 0 Å². The number of nitrogens with zero attached hydrogens (tertiary/aromatic N) is 1. The van der Waals surface area contributed by atoms with Gasteiger partial charge in [-0.05, 0) is 46.0 Å². The van der Waals surface area contributed by atoms with Gasteiger partial charge in [0.15, 0.2) is 6.10 Å². The molecule has 1 saturated carbocycles. The lowest BCUT2D eigenvalue weighted by Gasteiger charge is -2.36. The number of ether oxygens (including phenoxy) is 2. The van der Waals surface area contributed by atoms with Crippen LogP contribution in [0.25, 0.3) is 0 Å². The highest BCUT2D eigenvalue weighted by Gasteiger charge is 2.61. The third-order valence-electron chi connectivity index (χ3n) is 5.05. The van der Waals surface area contributed by atoms with Crippen LogP contribution in [0.5, 0.6) is 0 Å². The molecule has 0 spiro atoms. The molecule has 2 aliphatic rings. The number of esters is 1. The van der Waals surface area contributed by atoms with E-state index in [4.69, 9.17) is 9.47 Å². The Kier molecular flexibility index (Phi) is 5.43. The Bertz CT molecular complexity index is 525. The molecule has 24 heavy (non-hydrogen) atoms. The van der Waals surface area contributed by atoms with Crippen molar-refractivity contribution in [2.24, 2.45) is 17.3 Å². The highest BCUT2D eigenvalue weighted by Crippen LogP contribution is 2.59. The van der Waals surface area contributed by atoms with Crippen molar-refractivity contribution in [3.63, 3.8) is 0 Å². The number of carbonyl (C=O) groups is 2. The number of morpholine rings is 1. The second-order valence-corrected chi connectivity index (χ2v) is 8.15. The van der Waals surface area contributed by atoms with Crippen LogP contribution in [0.2, 0.25) is 0 Å². The standard InChI is InChI=1S/C19H31NO4/c1-11(2)8-15-16(19(15,6)7)18(22)24-14(5)17(21)20-9-12(3)23-13(4)10-20/h8,12-16H,9-10H2,1-7H3. The molecule has 5 atom stereocenters. The van der Waals surface area contributed by atoms with E-state index in [0.717, 1.165) is 0 Å². The zero-order valence-electron chi connectivity index (χ0n) is 16.0. The fraction of sp³-hybridized carbons (Fsp3) is 0.789. The van der Waals surface area contributed by atoms with Gasteiger partial charge in [0.25, 0.3) is 5.91 Å². The van der Waals surface area contributed by atoms with E-state index in [9.17, 15) is 9.59 Å². The molecule has 5 unspecified atom stereocenters. The Morgan fingerprint density at radius 2 is 1.75 bits per heavy atom. The number of hydrogen-bond acceptors (Lipinski definition) is 4. The van der Waals surface area contributed by atoms with Crippen molar-refractivity contribution in [2.75, 3.05) is 13.1 Å². The van der Waals surface area contributed by atoms with Crippen molar-refractivity contribution in [1.29, 1.82) is 0 Å². The molecular formula is C19H31NO4. The summed E-state index contributed by atoms with van der Waals surface area (Å²) in [6.07, 6.45) is 1.39. The van der Waals surface area contributed by atoms with E-state index in [-0.39, 0.29) is 41.3 Å². The molecule has 1 aliphatic heterocycles. The van der Waals surface area contributed by atoms with Crippen molar-refractivity contribution in [2.45, 2.75) is 66.8 Å².